The van der Waals surface area contributed by atoms with E-state index >= 15 is 0 Å². The largest absolute Gasteiger partial charge is 0.491 e. The summed E-state index contributed by atoms with van der Waals surface area (Å²) in [6.45, 7) is 4.17. The van der Waals surface area contributed by atoms with E-state index in [0.29, 0.717) is 33.0 Å². The number of urea groups is 1. The summed E-state index contributed by atoms with van der Waals surface area (Å²) in [5, 5.41) is 9.79. The number of nitrogens with zero attached hydrogens (tertiary/aromatic N) is 2. The molecule has 1 atom stereocenters. The second-order valence-electron chi connectivity index (χ2n) is 9.07. The summed E-state index contributed by atoms with van der Waals surface area (Å²) in [6, 6.07) is 15.6. The summed E-state index contributed by atoms with van der Waals surface area (Å²) in [5.41, 5.74) is 15.4. The maximum Gasteiger partial charge on any atom is 0.327 e. The van der Waals surface area contributed by atoms with Crippen LogP contribution in [0.5, 0.6) is 5.75 Å². The van der Waals surface area contributed by atoms with Crippen molar-refractivity contribution in [3.8, 4) is 5.75 Å². The predicted molar refractivity (Wildman–Crippen MR) is 152 cm³/mol. The van der Waals surface area contributed by atoms with Crippen molar-refractivity contribution in [1.82, 2.24) is 16.0 Å². The minimum atomic E-state index is -0.287. The number of benzene rings is 2. The molecule has 4 rings (SSSR count). The van der Waals surface area contributed by atoms with Crippen LogP contribution >= 0.6 is 0 Å². The van der Waals surface area contributed by atoms with Gasteiger partial charge in [-0.15, -0.1) is 0 Å². The molecule has 0 radical (unpaired) electrons. The van der Waals surface area contributed by atoms with Crippen LogP contribution in [0.2, 0.25) is 0 Å². The van der Waals surface area contributed by atoms with E-state index in [2.05, 4.69) is 20.9 Å². The number of ether oxygens (including phenoxy) is 3. The molecule has 0 aliphatic carbocycles. The number of fused-ring (bicyclic) bond motifs is 1. The SMILES string of the molecule is COCCOCCOc1cccc(C2=CC3=CN(c4ccc(CNCCCN=C(N)N)cc4)C(=O)NC3N2)c1. The first-order chi connectivity index (χ1) is 19.0. The molecule has 208 valence electrons. The van der Waals surface area contributed by atoms with Crippen molar-refractivity contribution in [2.75, 3.05) is 51.5 Å². The molecule has 0 saturated carbocycles. The fourth-order valence-electron chi connectivity index (χ4n) is 4.16. The summed E-state index contributed by atoms with van der Waals surface area (Å²) in [5.74, 6) is 0.868. The third-order valence-electron chi connectivity index (χ3n) is 6.13. The minimum Gasteiger partial charge on any atom is -0.491 e. The number of methoxy groups -OCH3 is 1. The van der Waals surface area contributed by atoms with Crippen LogP contribution in [0.1, 0.15) is 17.5 Å². The van der Waals surface area contributed by atoms with Crippen molar-refractivity contribution in [1.29, 1.82) is 0 Å². The van der Waals surface area contributed by atoms with Crippen molar-refractivity contribution in [2.45, 2.75) is 19.1 Å². The van der Waals surface area contributed by atoms with E-state index in [1.165, 1.54) is 0 Å². The number of amides is 2. The molecule has 0 saturated heterocycles. The number of anilines is 1. The van der Waals surface area contributed by atoms with Crippen LogP contribution in [0, 0.1) is 0 Å². The summed E-state index contributed by atoms with van der Waals surface area (Å²) in [4.78, 5) is 18.5. The highest BCUT2D eigenvalue weighted by Gasteiger charge is 2.31. The highest BCUT2D eigenvalue weighted by atomic mass is 16.5. The monoisotopic (exact) mass is 535 g/mol. The third-order valence-corrected chi connectivity index (χ3v) is 6.13. The molecule has 2 heterocycles. The zero-order valence-corrected chi connectivity index (χ0v) is 22.2. The van der Waals surface area contributed by atoms with Gasteiger partial charge in [0.05, 0.1) is 25.5 Å². The number of carbonyl (C=O) groups excluding carboxylic acids is 1. The zero-order chi connectivity index (χ0) is 27.5. The summed E-state index contributed by atoms with van der Waals surface area (Å²) in [6.07, 6.45) is 4.48. The topological polar surface area (TPSA) is 148 Å². The van der Waals surface area contributed by atoms with Crippen LogP contribution < -0.4 is 37.1 Å². The lowest BCUT2D eigenvalue weighted by atomic mass is 10.1. The van der Waals surface area contributed by atoms with E-state index in [-0.39, 0.29) is 18.2 Å². The Hall–Kier alpha value is -4.06. The van der Waals surface area contributed by atoms with Gasteiger partial charge in [0, 0.05) is 43.2 Å². The van der Waals surface area contributed by atoms with Crippen molar-refractivity contribution in [3.05, 3.63) is 77.5 Å². The Morgan fingerprint density at radius 2 is 1.90 bits per heavy atom. The van der Waals surface area contributed by atoms with Gasteiger partial charge in [-0.05, 0) is 48.9 Å². The Kier molecular flexibility index (Phi) is 10.2. The predicted octanol–water partition coefficient (Wildman–Crippen LogP) is 1.87. The molecule has 0 fully saturated rings. The highest BCUT2D eigenvalue weighted by Crippen LogP contribution is 2.29. The Bertz CT molecular complexity index is 1190. The molecule has 11 nitrogen and oxygen atoms in total. The maximum atomic E-state index is 12.9. The van der Waals surface area contributed by atoms with Gasteiger partial charge in [-0.25, -0.2) is 4.79 Å². The normalized spacial score (nSPS) is 16.1. The number of hydrogen-bond acceptors (Lipinski definition) is 7. The molecule has 39 heavy (non-hydrogen) atoms. The van der Waals surface area contributed by atoms with Crippen LogP contribution in [-0.4, -0.2) is 64.8 Å². The summed E-state index contributed by atoms with van der Waals surface area (Å²) in [7, 11) is 1.64. The number of carbonyl (C=O) groups is 1. The average molecular weight is 536 g/mol. The number of guanidine groups is 1. The third kappa shape index (κ3) is 8.21. The van der Waals surface area contributed by atoms with E-state index < -0.39 is 0 Å². The minimum absolute atomic E-state index is 0.115. The first-order valence-corrected chi connectivity index (χ1v) is 13.0. The number of nitrogens with one attached hydrogen (secondary N) is 3. The van der Waals surface area contributed by atoms with Crippen molar-refractivity contribution in [3.63, 3.8) is 0 Å². The first kappa shape index (κ1) is 28.0. The lowest BCUT2D eigenvalue weighted by molar-refractivity contribution is 0.0544. The van der Waals surface area contributed by atoms with Gasteiger partial charge in [0.1, 0.15) is 18.5 Å². The standard InChI is InChI=1S/C28H37N7O4/c1-37-12-13-38-14-15-39-24-5-2-4-21(16-24)25-17-22-19-35(28(36)34-26(22)33-25)23-8-6-20(7-9-23)18-31-10-3-11-32-27(29)30/h2,4-9,16-17,19,26,31,33H,3,10-15,18H2,1H3,(H,34,36)(H4,29,30,32). The van der Waals surface area contributed by atoms with Gasteiger partial charge in [0.2, 0.25) is 0 Å². The van der Waals surface area contributed by atoms with Crippen LogP contribution in [0.3, 0.4) is 0 Å². The average Bonchev–Trinajstić information content (AvgIpc) is 3.35. The van der Waals surface area contributed by atoms with E-state index in [4.69, 9.17) is 25.7 Å². The number of rotatable bonds is 15. The molecule has 1 unspecified atom stereocenters. The molecule has 2 aliphatic heterocycles. The van der Waals surface area contributed by atoms with Crippen LogP contribution in [0.4, 0.5) is 10.5 Å². The highest BCUT2D eigenvalue weighted by molar-refractivity contribution is 5.96. The van der Waals surface area contributed by atoms with Crippen LogP contribution in [-0.2, 0) is 16.0 Å². The fourth-order valence-corrected chi connectivity index (χ4v) is 4.16. The number of aliphatic imine (C=N–C) groups is 1. The molecular formula is C28H37N7O4. The van der Waals surface area contributed by atoms with Gasteiger partial charge in [-0.3, -0.25) is 9.89 Å². The van der Waals surface area contributed by atoms with Gasteiger partial charge in [0.15, 0.2) is 5.96 Å². The molecule has 7 N–H and O–H groups in total. The second-order valence-corrected chi connectivity index (χ2v) is 9.07. The Labute approximate surface area is 228 Å². The number of hydrogen-bond donors (Lipinski definition) is 5. The Balaban J connectivity index is 1.33. The van der Waals surface area contributed by atoms with E-state index in [9.17, 15) is 4.79 Å². The molecule has 11 heteroatoms. The molecule has 2 aromatic rings. The Morgan fingerprint density at radius 3 is 2.69 bits per heavy atom. The van der Waals surface area contributed by atoms with Crippen molar-refractivity contribution < 1.29 is 19.0 Å². The Morgan fingerprint density at radius 1 is 1.08 bits per heavy atom. The molecule has 2 aromatic carbocycles. The van der Waals surface area contributed by atoms with E-state index in [1.54, 1.807) is 12.0 Å². The van der Waals surface area contributed by atoms with E-state index in [1.807, 2.05) is 60.8 Å². The summed E-state index contributed by atoms with van der Waals surface area (Å²) < 4.78 is 16.2. The maximum absolute atomic E-state index is 12.9. The lowest BCUT2D eigenvalue weighted by Gasteiger charge is -2.29. The van der Waals surface area contributed by atoms with Crippen LogP contribution in [0.15, 0.2) is 71.4 Å². The molecule has 2 amide bonds. The first-order valence-electron chi connectivity index (χ1n) is 13.0. The zero-order valence-electron chi connectivity index (χ0n) is 22.2. The molecule has 2 aliphatic rings. The smallest absolute Gasteiger partial charge is 0.327 e. The van der Waals surface area contributed by atoms with Gasteiger partial charge < -0.3 is 41.6 Å². The molecular weight excluding hydrogens is 498 g/mol. The quantitative estimate of drug-likeness (QED) is 0.132. The number of nitrogens with two attached hydrogens (primary N) is 2. The van der Waals surface area contributed by atoms with Gasteiger partial charge in [-0.1, -0.05) is 24.3 Å². The fraction of sp³-hybridized carbons (Fsp3) is 0.357. The summed E-state index contributed by atoms with van der Waals surface area (Å²) >= 11 is 0. The molecule has 0 bridgehead atoms. The molecule has 0 aromatic heterocycles. The van der Waals surface area contributed by atoms with E-state index in [0.717, 1.165) is 53.3 Å². The molecule has 0 spiro atoms. The van der Waals surface area contributed by atoms with Gasteiger partial charge >= 0.3 is 6.03 Å². The second kappa shape index (κ2) is 14.2. The van der Waals surface area contributed by atoms with Crippen LogP contribution in [0.25, 0.3) is 5.70 Å². The lowest BCUT2D eigenvalue weighted by Crippen LogP contribution is -2.51. The van der Waals surface area contributed by atoms with Crippen molar-refractivity contribution in [2.24, 2.45) is 16.5 Å². The van der Waals surface area contributed by atoms with Gasteiger partial charge in [0.25, 0.3) is 0 Å². The van der Waals surface area contributed by atoms with Gasteiger partial charge in [-0.2, -0.15) is 0 Å². The van der Waals surface area contributed by atoms with Crippen molar-refractivity contribution >= 4 is 23.4 Å².